The highest BCUT2D eigenvalue weighted by Crippen LogP contribution is 2.27. The van der Waals surface area contributed by atoms with Gasteiger partial charge in [-0.15, -0.1) is 0 Å². The third-order valence-corrected chi connectivity index (χ3v) is 3.31. The summed E-state index contributed by atoms with van der Waals surface area (Å²) < 4.78 is 5.39. The van der Waals surface area contributed by atoms with E-state index in [4.69, 9.17) is 4.74 Å². The van der Waals surface area contributed by atoms with Crippen LogP contribution >= 0.6 is 0 Å². The fraction of sp³-hybridized carbons (Fsp3) is 0.562. The van der Waals surface area contributed by atoms with Gasteiger partial charge in [0.15, 0.2) is 5.78 Å². The van der Waals surface area contributed by atoms with E-state index in [1.54, 1.807) is 0 Å². The zero-order valence-corrected chi connectivity index (χ0v) is 11.7. The van der Waals surface area contributed by atoms with Crippen LogP contribution in [-0.2, 0) is 9.53 Å². The van der Waals surface area contributed by atoms with Crippen molar-refractivity contribution in [2.45, 2.75) is 39.5 Å². The Kier molecular flexibility index (Phi) is 6.66. The van der Waals surface area contributed by atoms with E-state index in [1.807, 2.05) is 37.3 Å². The van der Waals surface area contributed by atoms with Crippen LogP contribution in [0.2, 0.25) is 0 Å². The van der Waals surface area contributed by atoms with Crippen molar-refractivity contribution in [3.63, 3.8) is 0 Å². The molecule has 0 spiro atoms. The number of benzene rings is 1. The van der Waals surface area contributed by atoms with Gasteiger partial charge in [-0.3, -0.25) is 4.79 Å². The Morgan fingerprint density at radius 2 is 1.89 bits per heavy atom. The maximum absolute atomic E-state index is 12.3. The molecule has 1 aromatic rings. The molecule has 0 aromatic heterocycles. The Morgan fingerprint density at radius 1 is 1.22 bits per heavy atom. The lowest BCUT2D eigenvalue weighted by Crippen LogP contribution is -2.24. The highest BCUT2D eigenvalue weighted by molar-refractivity contribution is 5.87. The minimum Gasteiger partial charge on any atom is -0.374 e. The van der Waals surface area contributed by atoms with Crippen LogP contribution in [0.4, 0.5) is 0 Å². The van der Waals surface area contributed by atoms with Crippen molar-refractivity contribution in [2.24, 2.45) is 5.92 Å². The second-order valence-corrected chi connectivity index (χ2v) is 4.79. The normalized spacial score (nSPS) is 14.2. The fourth-order valence-electron chi connectivity index (χ4n) is 2.13. The van der Waals surface area contributed by atoms with Gasteiger partial charge in [-0.25, -0.2) is 0 Å². The molecule has 18 heavy (non-hydrogen) atoms. The zero-order chi connectivity index (χ0) is 13.4. The molecule has 2 heteroatoms. The van der Waals surface area contributed by atoms with Crippen LogP contribution in [0.3, 0.4) is 0 Å². The van der Waals surface area contributed by atoms with Gasteiger partial charge in [0.1, 0.15) is 6.61 Å². The molecule has 2 nitrogen and oxygen atoms in total. The van der Waals surface area contributed by atoms with Gasteiger partial charge in [-0.2, -0.15) is 0 Å². The van der Waals surface area contributed by atoms with E-state index in [1.165, 1.54) is 0 Å². The zero-order valence-electron chi connectivity index (χ0n) is 11.7. The number of rotatable bonds is 8. The van der Waals surface area contributed by atoms with E-state index in [2.05, 4.69) is 13.8 Å². The van der Waals surface area contributed by atoms with Crippen LogP contribution < -0.4 is 0 Å². The van der Waals surface area contributed by atoms with Crippen LogP contribution in [0.1, 0.15) is 45.1 Å². The molecule has 0 saturated carbocycles. The highest BCUT2D eigenvalue weighted by Gasteiger charge is 2.25. The first-order valence-corrected chi connectivity index (χ1v) is 6.86. The SMILES string of the molecule is CCCOCC(=O)C(c1ccccc1)C(C)CC. The standard InChI is InChI=1S/C16H24O2/c1-4-11-18-12-15(17)16(13(3)5-2)14-9-7-6-8-10-14/h6-10,13,16H,4-5,11-12H2,1-3H3. The molecule has 2 unspecified atom stereocenters. The fourth-order valence-corrected chi connectivity index (χ4v) is 2.13. The average molecular weight is 248 g/mol. The van der Waals surface area contributed by atoms with Crippen LogP contribution in [0.25, 0.3) is 0 Å². The molecular formula is C16H24O2. The third-order valence-electron chi connectivity index (χ3n) is 3.31. The smallest absolute Gasteiger partial charge is 0.166 e. The molecule has 2 atom stereocenters. The van der Waals surface area contributed by atoms with E-state index in [0.717, 1.165) is 18.4 Å². The topological polar surface area (TPSA) is 26.3 Å². The molecule has 0 N–H and O–H groups in total. The predicted molar refractivity (Wildman–Crippen MR) is 74.8 cm³/mol. The maximum Gasteiger partial charge on any atom is 0.166 e. The monoisotopic (exact) mass is 248 g/mol. The molecule has 1 rings (SSSR count). The molecule has 0 radical (unpaired) electrons. The van der Waals surface area contributed by atoms with E-state index in [9.17, 15) is 4.79 Å². The van der Waals surface area contributed by atoms with Gasteiger partial charge in [0.05, 0.1) is 0 Å². The first-order chi connectivity index (χ1) is 8.70. The van der Waals surface area contributed by atoms with Crippen LogP contribution in [-0.4, -0.2) is 19.0 Å². The molecule has 0 aliphatic rings. The van der Waals surface area contributed by atoms with Gasteiger partial charge in [0.2, 0.25) is 0 Å². The van der Waals surface area contributed by atoms with E-state index in [0.29, 0.717) is 12.5 Å². The second kappa shape index (κ2) is 8.04. The Bertz CT molecular complexity index is 345. The first kappa shape index (κ1) is 14.9. The number of Topliss-reactive ketones (excluding diaryl/α,β-unsaturated/α-hetero) is 1. The Balaban J connectivity index is 2.76. The van der Waals surface area contributed by atoms with Crippen LogP contribution in [0.15, 0.2) is 30.3 Å². The minimum atomic E-state index is -0.0342. The van der Waals surface area contributed by atoms with Crippen molar-refractivity contribution >= 4 is 5.78 Å². The molecule has 100 valence electrons. The maximum atomic E-state index is 12.3. The van der Waals surface area contributed by atoms with Gasteiger partial charge in [-0.1, -0.05) is 57.5 Å². The van der Waals surface area contributed by atoms with E-state index in [-0.39, 0.29) is 18.3 Å². The summed E-state index contributed by atoms with van der Waals surface area (Å²) in [7, 11) is 0. The summed E-state index contributed by atoms with van der Waals surface area (Å²) in [5.74, 6) is 0.516. The molecule has 1 aromatic carbocycles. The Hall–Kier alpha value is -1.15. The van der Waals surface area contributed by atoms with Gasteiger partial charge in [-0.05, 0) is 17.9 Å². The van der Waals surface area contributed by atoms with Gasteiger partial charge < -0.3 is 4.74 Å². The number of carbonyl (C=O) groups excluding carboxylic acids is 1. The van der Waals surface area contributed by atoms with Crippen molar-refractivity contribution in [1.29, 1.82) is 0 Å². The molecule has 0 heterocycles. The summed E-state index contributed by atoms with van der Waals surface area (Å²) in [5.41, 5.74) is 1.11. The largest absolute Gasteiger partial charge is 0.374 e. The molecule has 0 fully saturated rings. The molecular weight excluding hydrogens is 224 g/mol. The second-order valence-electron chi connectivity index (χ2n) is 4.79. The Labute approximate surface area is 110 Å². The van der Waals surface area contributed by atoms with Crippen molar-refractivity contribution in [2.75, 3.05) is 13.2 Å². The number of carbonyl (C=O) groups is 1. The molecule has 0 aliphatic heterocycles. The molecule has 0 amide bonds. The minimum absolute atomic E-state index is 0.0342. The summed E-state index contributed by atoms with van der Waals surface area (Å²) in [6.07, 6.45) is 1.95. The third kappa shape index (κ3) is 4.26. The molecule has 0 saturated heterocycles. The summed E-state index contributed by atoms with van der Waals surface area (Å²) >= 11 is 0. The van der Waals surface area contributed by atoms with Crippen LogP contribution in [0.5, 0.6) is 0 Å². The van der Waals surface area contributed by atoms with Crippen LogP contribution in [0, 0.1) is 5.92 Å². The summed E-state index contributed by atoms with van der Waals surface area (Å²) in [6, 6.07) is 10.0. The van der Waals surface area contributed by atoms with Crippen molar-refractivity contribution in [1.82, 2.24) is 0 Å². The van der Waals surface area contributed by atoms with Crippen molar-refractivity contribution < 1.29 is 9.53 Å². The average Bonchev–Trinajstić information content (AvgIpc) is 2.40. The first-order valence-electron chi connectivity index (χ1n) is 6.86. The number of ether oxygens (including phenoxy) is 1. The summed E-state index contributed by atoms with van der Waals surface area (Å²) in [5, 5.41) is 0. The molecule has 0 bridgehead atoms. The lowest BCUT2D eigenvalue weighted by molar-refractivity contribution is -0.126. The number of ketones is 1. The number of hydrogen-bond donors (Lipinski definition) is 0. The van der Waals surface area contributed by atoms with Crippen molar-refractivity contribution in [3.05, 3.63) is 35.9 Å². The van der Waals surface area contributed by atoms with E-state index >= 15 is 0 Å². The predicted octanol–water partition coefficient (Wildman–Crippen LogP) is 3.81. The Morgan fingerprint density at radius 3 is 2.44 bits per heavy atom. The van der Waals surface area contributed by atoms with Gasteiger partial charge in [0, 0.05) is 12.5 Å². The van der Waals surface area contributed by atoms with Gasteiger partial charge in [0.25, 0.3) is 0 Å². The molecule has 0 aliphatic carbocycles. The highest BCUT2D eigenvalue weighted by atomic mass is 16.5. The number of hydrogen-bond acceptors (Lipinski definition) is 2. The quantitative estimate of drug-likeness (QED) is 0.654. The summed E-state index contributed by atoms with van der Waals surface area (Å²) in [6.45, 7) is 7.20. The lowest BCUT2D eigenvalue weighted by atomic mass is 9.82. The van der Waals surface area contributed by atoms with Gasteiger partial charge >= 0.3 is 0 Å². The van der Waals surface area contributed by atoms with E-state index < -0.39 is 0 Å². The van der Waals surface area contributed by atoms with Crippen molar-refractivity contribution in [3.8, 4) is 0 Å². The lowest BCUT2D eigenvalue weighted by Gasteiger charge is -2.22. The summed E-state index contributed by atoms with van der Waals surface area (Å²) in [4.78, 5) is 12.3.